The van der Waals surface area contributed by atoms with Gasteiger partial charge in [0.25, 0.3) is 5.56 Å². The van der Waals surface area contributed by atoms with E-state index < -0.39 is 5.97 Å². The minimum Gasteiger partial charge on any atom is -0.549 e. The van der Waals surface area contributed by atoms with Crippen LogP contribution < -0.4 is 10.7 Å². The SMILES string of the molecule is O=C([O-])CSc1nc2ccccc2c(=O)n1-c1ccccc1. The number of hydrogen-bond donors (Lipinski definition) is 0. The number of para-hydroxylation sites is 2. The van der Waals surface area contributed by atoms with Crippen LogP contribution in [0.5, 0.6) is 0 Å². The molecule has 0 aliphatic rings. The number of carbonyl (C=O) groups excluding carboxylic acids is 1. The van der Waals surface area contributed by atoms with Gasteiger partial charge in [0.1, 0.15) is 0 Å². The molecule has 3 aromatic rings. The summed E-state index contributed by atoms with van der Waals surface area (Å²) in [6, 6.07) is 16.0. The number of carboxylic acids is 1. The van der Waals surface area contributed by atoms with E-state index in [1.807, 2.05) is 18.2 Å². The molecular weight excluding hydrogens is 300 g/mol. The molecule has 0 bridgehead atoms. The van der Waals surface area contributed by atoms with E-state index in [1.54, 1.807) is 36.4 Å². The lowest BCUT2D eigenvalue weighted by Crippen LogP contribution is -2.26. The Morgan fingerprint density at radius 2 is 1.77 bits per heavy atom. The first-order valence-corrected chi connectivity index (χ1v) is 7.55. The Morgan fingerprint density at radius 3 is 2.50 bits per heavy atom. The summed E-state index contributed by atoms with van der Waals surface area (Å²) in [5.41, 5.74) is 0.963. The monoisotopic (exact) mass is 311 g/mol. The minimum absolute atomic E-state index is 0.224. The van der Waals surface area contributed by atoms with Crippen molar-refractivity contribution in [3.63, 3.8) is 0 Å². The summed E-state index contributed by atoms with van der Waals surface area (Å²) in [7, 11) is 0. The number of fused-ring (bicyclic) bond motifs is 1. The zero-order chi connectivity index (χ0) is 15.5. The van der Waals surface area contributed by atoms with Gasteiger partial charge in [0.2, 0.25) is 0 Å². The Morgan fingerprint density at radius 1 is 1.09 bits per heavy atom. The van der Waals surface area contributed by atoms with Crippen LogP contribution in [0.4, 0.5) is 0 Å². The number of rotatable bonds is 4. The maximum atomic E-state index is 12.7. The summed E-state index contributed by atoms with van der Waals surface area (Å²) < 4.78 is 1.43. The highest BCUT2D eigenvalue weighted by atomic mass is 32.2. The van der Waals surface area contributed by atoms with Gasteiger partial charge >= 0.3 is 0 Å². The Hall–Kier alpha value is -2.60. The van der Waals surface area contributed by atoms with Crippen molar-refractivity contribution < 1.29 is 9.90 Å². The molecule has 1 heterocycles. The number of carboxylic acid groups (broad SMARTS) is 1. The molecule has 0 spiro atoms. The molecule has 22 heavy (non-hydrogen) atoms. The van der Waals surface area contributed by atoms with Crippen LogP contribution >= 0.6 is 11.8 Å². The molecule has 0 saturated heterocycles. The van der Waals surface area contributed by atoms with E-state index in [1.165, 1.54) is 4.57 Å². The van der Waals surface area contributed by atoms with Gasteiger partial charge in [-0.2, -0.15) is 0 Å². The first-order valence-electron chi connectivity index (χ1n) is 6.56. The van der Waals surface area contributed by atoms with Crippen molar-refractivity contribution in [2.75, 3.05) is 5.75 Å². The Labute approximate surface area is 130 Å². The molecule has 3 rings (SSSR count). The molecule has 0 fully saturated rings. The van der Waals surface area contributed by atoms with Crippen molar-refractivity contribution >= 4 is 28.6 Å². The van der Waals surface area contributed by atoms with Gasteiger partial charge in [0, 0.05) is 5.75 Å². The molecule has 0 saturated carbocycles. The molecular formula is C16H11N2O3S-. The molecule has 110 valence electrons. The van der Waals surface area contributed by atoms with Crippen molar-refractivity contribution in [2.24, 2.45) is 0 Å². The summed E-state index contributed by atoms with van der Waals surface area (Å²) in [5.74, 6) is -1.47. The fourth-order valence-electron chi connectivity index (χ4n) is 2.14. The normalized spacial score (nSPS) is 10.7. The maximum absolute atomic E-state index is 12.7. The van der Waals surface area contributed by atoms with Crippen molar-refractivity contribution in [3.8, 4) is 5.69 Å². The standard InChI is InChI=1S/C16H12N2O3S/c19-14(20)10-22-16-17-13-9-5-4-8-12(13)15(21)18(16)11-6-2-1-3-7-11/h1-9H,10H2,(H,19,20)/p-1. The van der Waals surface area contributed by atoms with E-state index in [-0.39, 0.29) is 11.3 Å². The van der Waals surface area contributed by atoms with Crippen molar-refractivity contribution in [1.29, 1.82) is 0 Å². The molecule has 1 aromatic heterocycles. The van der Waals surface area contributed by atoms with Gasteiger partial charge in [-0.05, 0) is 24.3 Å². The van der Waals surface area contributed by atoms with Crippen LogP contribution in [0.3, 0.4) is 0 Å². The lowest BCUT2D eigenvalue weighted by atomic mass is 10.2. The second-order valence-electron chi connectivity index (χ2n) is 4.55. The van der Waals surface area contributed by atoms with Crippen LogP contribution in [0.1, 0.15) is 0 Å². The number of carbonyl (C=O) groups is 1. The van der Waals surface area contributed by atoms with Gasteiger partial charge in [-0.1, -0.05) is 42.1 Å². The molecule has 0 radical (unpaired) electrons. The number of aliphatic carboxylic acids is 1. The lowest BCUT2D eigenvalue weighted by Gasteiger charge is -2.13. The van der Waals surface area contributed by atoms with E-state index in [0.717, 1.165) is 11.8 Å². The Balaban J connectivity index is 2.26. The summed E-state index contributed by atoms with van der Waals surface area (Å²) in [6.45, 7) is 0. The first-order chi connectivity index (χ1) is 10.7. The second kappa shape index (κ2) is 6.03. The van der Waals surface area contributed by atoms with Crippen LogP contribution in [0.2, 0.25) is 0 Å². The fraction of sp³-hybridized carbons (Fsp3) is 0.0625. The molecule has 0 amide bonds. The summed E-state index contributed by atoms with van der Waals surface area (Å²) in [5, 5.41) is 11.5. The van der Waals surface area contributed by atoms with Gasteiger partial charge in [-0.15, -0.1) is 0 Å². The fourth-order valence-corrected chi connectivity index (χ4v) is 2.86. The number of thioether (sulfide) groups is 1. The zero-order valence-electron chi connectivity index (χ0n) is 11.4. The topological polar surface area (TPSA) is 75.0 Å². The van der Waals surface area contributed by atoms with Crippen molar-refractivity contribution in [2.45, 2.75) is 5.16 Å². The summed E-state index contributed by atoms with van der Waals surface area (Å²) in [6.07, 6.45) is 0. The van der Waals surface area contributed by atoms with Gasteiger partial charge < -0.3 is 9.90 Å². The third-order valence-electron chi connectivity index (χ3n) is 3.08. The maximum Gasteiger partial charge on any atom is 0.266 e. The zero-order valence-corrected chi connectivity index (χ0v) is 12.2. The third kappa shape index (κ3) is 2.73. The number of hydrogen-bond acceptors (Lipinski definition) is 5. The number of benzene rings is 2. The summed E-state index contributed by atoms with van der Waals surface area (Å²) >= 11 is 0.969. The molecule has 0 unspecified atom stereocenters. The highest BCUT2D eigenvalue weighted by molar-refractivity contribution is 7.99. The largest absolute Gasteiger partial charge is 0.549 e. The van der Waals surface area contributed by atoms with Crippen LogP contribution in [-0.4, -0.2) is 21.3 Å². The van der Waals surface area contributed by atoms with E-state index in [0.29, 0.717) is 21.7 Å². The highest BCUT2D eigenvalue weighted by Crippen LogP contribution is 2.20. The minimum atomic E-state index is -1.20. The summed E-state index contributed by atoms with van der Waals surface area (Å²) in [4.78, 5) is 27.9. The Bertz CT molecular complexity index is 891. The third-order valence-corrected chi connectivity index (χ3v) is 3.99. The van der Waals surface area contributed by atoms with Crippen LogP contribution in [0, 0.1) is 0 Å². The predicted octanol–water partition coefficient (Wildman–Crippen LogP) is 1.23. The Kier molecular flexibility index (Phi) is 3.93. The molecule has 0 atom stereocenters. The first kappa shape index (κ1) is 14.3. The van der Waals surface area contributed by atoms with E-state index >= 15 is 0 Å². The smallest absolute Gasteiger partial charge is 0.266 e. The molecule has 0 N–H and O–H groups in total. The van der Waals surface area contributed by atoms with Gasteiger partial charge in [-0.25, -0.2) is 4.98 Å². The average molecular weight is 311 g/mol. The van der Waals surface area contributed by atoms with Gasteiger partial charge in [-0.3, -0.25) is 9.36 Å². The van der Waals surface area contributed by atoms with Crippen molar-refractivity contribution in [1.82, 2.24) is 9.55 Å². The molecule has 0 aliphatic heterocycles. The average Bonchev–Trinajstić information content (AvgIpc) is 2.54. The molecule has 0 aliphatic carbocycles. The lowest BCUT2D eigenvalue weighted by molar-refractivity contribution is -0.301. The van der Waals surface area contributed by atoms with E-state index in [4.69, 9.17) is 0 Å². The molecule has 5 nitrogen and oxygen atoms in total. The van der Waals surface area contributed by atoms with E-state index in [9.17, 15) is 14.7 Å². The quantitative estimate of drug-likeness (QED) is 0.535. The predicted molar refractivity (Wildman–Crippen MR) is 83.1 cm³/mol. The van der Waals surface area contributed by atoms with Crippen molar-refractivity contribution in [3.05, 3.63) is 65.0 Å². The van der Waals surface area contributed by atoms with Crippen LogP contribution in [0.25, 0.3) is 16.6 Å². The number of nitrogens with zero attached hydrogens (tertiary/aromatic N) is 2. The number of aromatic nitrogens is 2. The second-order valence-corrected chi connectivity index (χ2v) is 5.49. The molecule has 2 aromatic carbocycles. The van der Waals surface area contributed by atoms with Crippen LogP contribution in [0.15, 0.2) is 64.5 Å². The molecule has 6 heteroatoms. The van der Waals surface area contributed by atoms with Crippen LogP contribution in [-0.2, 0) is 4.79 Å². The van der Waals surface area contributed by atoms with Gasteiger partial charge in [0.15, 0.2) is 5.16 Å². The highest BCUT2D eigenvalue weighted by Gasteiger charge is 2.12. The van der Waals surface area contributed by atoms with Gasteiger partial charge in [0.05, 0.1) is 22.6 Å². The van der Waals surface area contributed by atoms with E-state index in [2.05, 4.69) is 4.98 Å².